The van der Waals surface area contributed by atoms with Gasteiger partial charge in [0.25, 0.3) is 5.91 Å². The van der Waals surface area contributed by atoms with E-state index in [9.17, 15) is 13.2 Å². The minimum absolute atomic E-state index is 0.00763. The van der Waals surface area contributed by atoms with E-state index in [2.05, 4.69) is 4.98 Å². The van der Waals surface area contributed by atoms with E-state index < -0.39 is 21.7 Å². The lowest BCUT2D eigenvalue weighted by molar-refractivity contribution is -0.178. The number of rotatable bonds is 5. The second-order valence-corrected chi connectivity index (χ2v) is 9.87. The third-order valence-electron chi connectivity index (χ3n) is 6.04. The van der Waals surface area contributed by atoms with Crippen molar-refractivity contribution in [1.29, 1.82) is 0 Å². The van der Waals surface area contributed by atoms with Crippen LogP contribution in [-0.2, 0) is 31.7 Å². The van der Waals surface area contributed by atoms with Crippen molar-refractivity contribution in [3.8, 4) is 0 Å². The molecule has 0 N–H and O–H groups in total. The SMILES string of the molecule is CCN(CC)C(=O)[C@H]1Cn2ccnc2C2(CCN(S(=O)(=O)C3CC3)CC2)O1. The molecule has 4 rings (SSSR count). The van der Waals surface area contributed by atoms with Gasteiger partial charge in [-0.3, -0.25) is 4.79 Å². The van der Waals surface area contributed by atoms with Crippen LogP contribution in [0.1, 0.15) is 45.4 Å². The number of hydrogen-bond acceptors (Lipinski definition) is 5. The highest BCUT2D eigenvalue weighted by atomic mass is 32.2. The van der Waals surface area contributed by atoms with Crippen molar-refractivity contribution in [2.45, 2.75) is 63.0 Å². The Morgan fingerprint density at radius 2 is 1.96 bits per heavy atom. The molecule has 1 saturated heterocycles. The Labute approximate surface area is 160 Å². The molecule has 3 aliphatic rings. The standard InChI is InChI=1S/C18H28N4O4S/c1-3-20(4-2)16(23)15-13-21-12-9-19-17(21)18(26-15)7-10-22(11-8-18)27(24,25)14-5-6-14/h9,12,14-15H,3-8,10-11,13H2,1-2H3/t15-/m1/s1. The molecule has 1 spiro atoms. The topological polar surface area (TPSA) is 84.7 Å². The first kappa shape index (κ1) is 18.9. The Morgan fingerprint density at radius 3 is 2.56 bits per heavy atom. The maximum absolute atomic E-state index is 12.9. The normalized spacial score (nSPS) is 25.3. The number of likely N-dealkylation sites (N-methyl/N-ethyl adjacent to an activating group) is 1. The van der Waals surface area contributed by atoms with Crippen LogP contribution in [-0.4, -0.2) is 70.6 Å². The molecule has 0 unspecified atom stereocenters. The Kier molecular flexibility index (Phi) is 4.80. The fraction of sp³-hybridized carbons (Fsp3) is 0.778. The van der Waals surface area contributed by atoms with Crippen LogP contribution in [0.2, 0.25) is 0 Å². The van der Waals surface area contributed by atoms with Gasteiger partial charge in [0.05, 0.1) is 11.8 Å². The lowest BCUT2D eigenvalue weighted by Crippen LogP contribution is -2.55. The Balaban J connectivity index is 1.56. The zero-order valence-electron chi connectivity index (χ0n) is 16.0. The number of piperidine rings is 1. The van der Waals surface area contributed by atoms with Gasteiger partial charge in [0.2, 0.25) is 10.0 Å². The molecule has 1 aromatic heterocycles. The largest absolute Gasteiger partial charge is 0.352 e. The van der Waals surface area contributed by atoms with Crippen molar-refractivity contribution in [2.75, 3.05) is 26.2 Å². The molecule has 0 bridgehead atoms. The predicted molar refractivity (Wildman–Crippen MR) is 99.5 cm³/mol. The van der Waals surface area contributed by atoms with E-state index in [1.54, 1.807) is 15.4 Å². The molecule has 1 amide bonds. The summed E-state index contributed by atoms with van der Waals surface area (Å²) in [5, 5.41) is -0.196. The number of nitrogens with zero attached hydrogens (tertiary/aromatic N) is 4. The molecule has 150 valence electrons. The number of fused-ring (bicyclic) bond motifs is 2. The van der Waals surface area contributed by atoms with Crippen LogP contribution in [0.4, 0.5) is 0 Å². The van der Waals surface area contributed by atoms with Crippen molar-refractivity contribution in [1.82, 2.24) is 18.8 Å². The summed E-state index contributed by atoms with van der Waals surface area (Å²) in [6, 6.07) is 0. The van der Waals surface area contributed by atoms with Crippen molar-refractivity contribution >= 4 is 15.9 Å². The van der Waals surface area contributed by atoms with E-state index in [-0.39, 0.29) is 11.2 Å². The minimum atomic E-state index is -3.18. The van der Waals surface area contributed by atoms with Gasteiger partial charge in [0, 0.05) is 38.6 Å². The van der Waals surface area contributed by atoms with Gasteiger partial charge < -0.3 is 14.2 Å². The molecule has 1 aliphatic carbocycles. The highest BCUT2D eigenvalue weighted by Gasteiger charge is 2.50. The lowest BCUT2D eigenvalue weighted by Gasteiger charge is -2.45. The number of amides is 1. The molecular weight excluding hydrogens is 368 g/mol. The minimum Gasteiger partial charge on any atom is -0.352 e. The van der Waals surface area contributed by atoms with E-state index in [4.69, 9.17) is 4.74 Å². The maximum Gasteiger partial charge on any atom is 0.253 e. The number of imidazole rings is 1. The van der Waals surface area contributed by atoms with E-state index in [1.165, 1.54) is 0 Å². The molecule has 9 heteroatoms. The molecule has 27 heavy (non-hydrogen) atoms. The van der Waals surface area contributed by atoms with Gasteiger partial charge in [-0.25, -0.2) is 17.7 Å². The zero-order chi connectivity index (χ0) is 19.2. The fourth-order valence-corrected chi connectivity index (χ4v) is 6.13. The van der Waals surface area contributed by atoms with Gasteiger partial charge in [-0.05, 0) is 39.5 Å². The molecule has 1 saturated carbocycles. The number of sulfonamides is 1. The molecule has 8 nitrogen and oxygen atoms in total. The summed E-state index contributed by atoms with van der Waals surface area (Å²) in [7, 11) is -3.18. The molecule has 1 aromatic rings. The van der Waals surface area contributed by atoms with Crippen LogP contribution in [0.25, 0.3) is 0 Å². The smallest absolute Gasteiger partial charge is 0.253 e. The van der Waals surface area contributed by atoms with Gasteiger partial charge in [-0.1, -0.05) is 0 Å². The van der Waals surface area contributed by atoms with E-state index >= 15 is 0 Å². The Hall–Kier alpha value is -1.45. The van der Waals surface area contributed by atoms with Crippen LogP contribution >= 0.6 is 0 Å². The Morgan fingerprint density at radius 1 is 1.30 bits per heavy atom. The van der Waals surface area contributed by atoms with Gasteiger partial charge in [0.15, 0.2) is 6.10 Å². The van der Waals surface area contributed by atoms with Crippen molar-refractivity contribution in [3.05, 3.63) is 18.2 Å². The predicted octanol–water partition coefficient (Wildman–Crippen LogP) is 0.934. The maximum atomic E-state index is 12.9. The molecule has 2 aliphatic heterocycles. The summed E-state index contributed by atoms with van der Waals surface area (Å²) in [6.07, 6.45) is 5.65. The van der Waals surface area contributed by atoms with Gasteiger partial charge in [-0.15, -0.1) is 0 Å². The van der Waals surface area contributed by atoms with Crippen LogP contribution < -0.4 is 0 Å². The average molecular weight is 397 g/mol. The van der Waals surface area contributed by atoms with Gasteiger partial charge in [-0.2, -0.15) is 0 Å². The van der Waals surface area contributed by atoms with E-state index in [0.29, 0.717) is 45.6 Å². The zero-order valence-corrected chi connectivity index (χ0v) is 16.8. The van der Waals surface area contributed by atoms with Crippen molar-refractivity contribution in [3.63, 3.8) is 0 Å². The highest BCUT2D eigenvalue weighted by Crippen LogP contribution is 2.42. The molecular formula is C18H28N4O4S. The summed E-state index contributed by atoms with van der Waals surface area (Å²) >= 11 is 0. The van der Waals surface area contributed by atoms with E-state index in [1.807, 2.05) is 24.6 Å². The molecule has 0 radical (unpaired) electrons. The third-order valence-corrected chi connectivity index (χ3v) is 8.44. The molecule has 2 fully saturated rings. The summed E-state index contributed by atoms with van der Waals surface area (Å²) in [5.41, 5.74) is -0.690. The number of hydrogen-bond donors (Lipinski definition) is 0. The van der Waals surface area contributed by atoms with Crippen LogP contribution in [0.5, 0.6) is 0 Å². The van der Waals surface area contributed by atoms with Crippen LogP contribution in [0.3, 0.4) is 0 Å². The van der Waals surface area contributed by atoms with E-state index in [0.717, 1.165) is 18.7 Å². The average Bonchev–Trinajstić information content (AvgIpc) is 3.42. The fourth-order valence-electron chi connectivity index (χ4n) is 4.28. The number of ether oxygens (including phenoxy) is 1. The van der Waals surface area contributed by atoms with Gasteiger partial charge in [0.1, 0.15) is 11.4 Å². The molecule has 0 aromatic carbocycles. The molecule has 3 heterocycles. The summed E-state index contributed by atoms with van der Waals surface area (Å²) < 4.78 is 35.1. The quantitative estimate of drug-likeness (QED) is 0.739. The van der Waals surface area contributed by atoms with Gasteiger partial charge >= 0.3 is 0 Å². The van der Waals surface area contributed by atoms with Crippen LogP contribution in [0.15, 0.2) is 12.4 Å². The monoisotopic (exact) mass is 396 g/mol. The second kappa shape index (κ2) is 6.86. The highest BCUT2D eigenvalue weighted by molar-refractivity contribution is 7.90. The van der Waals surface area contributed by atoms with Crippen molar-refractivity contribution in [2.24, 2.45) is 0 Å². The molecule has 1 atom stereocenters. The Bertz CT molecular complexity index is 805. The first-order valence-corrected chi connectivity index (χ1v) is 11.4. The first-order chi connectivity index (χ1) is 12.9. The summed E-state index contributed by atoms with van der Waals surface area (Å²) in [5.74, 6) is 0.807. The first-order valence-electron chi connectivity index (χ1n) is 9.88. The summed E-state index contributed by atoms with van der Waals surface area (Å²) in [4.78, 5) is 19.2. The number of carbonyl (C=O) groups is 1. The number of aromatic nitrogens is 2. The third kappa shape index (κ3) is 3.19. The number of carbonyl (C=O) groups excluding carboxylic acids is 1. The summed E-state index contributed by atoms with van der Waals surface area (Å²) in [6.45, 7) is 6.50. The lowest BCUT2D eigenvalue weighted by atomic mass is 9.89. The second-order valence-electron chi connectivity index (χ2n) is 7.66. The van der Waals surface area contributed by atoms with Crippen LogP contribution in [0, 0.1) is 0 Å². The van der Waals surface area contributed by atoms with Crippen molar-refractivity contribution < 1.29 is 17.9 Å².